The van der Waals surface area contributed by atoms with Crippen molar-refractivity contribution in [2.75, 3.05) is 44.4 Å². The van der Waals surface area contributed by atoms with Gasteiger partial charge in [-0.25, -0.2) is 0 Å². The maximum absolute atomic E-state index is 11.8. The molecule has 0 spiro atoms. The summed E-state index contributed by atoms with van der Waals surface area (Å²) in [6.07, 6.45) is 0.874. The highest BCUT2D eigenvalue weighted by Crippen LogP contribution is 2.14. The van der Waals surface area contributed by atoms with Gasteiger partial charge >= 0.3 is 0 Å². The first-order valence-electron chi connectivity index (χ1n) is 5.43. The van der Waals surface area contributed by atoms with E-state index in [2.05, 4.69) is 4.90 Å². The van der Waals surface area contributed by atoms with Crippen molar-refractivity contribution in [1.29, 1.82) is 0 Å². The molecular weight excluding hydrogens is 214 g/mol. The van der Waals surface area contributed by atoms with Gasteiger partial charge in [-0.15, -0.1) is 0 Å². The molecule has 0 aromatic heterocycles. The maximum atomic E-state index is 11.8. The summed E-state index contributed by atoms with van der Waals surface area (Å²) in [5.41, 5.74) is 0. The molecule has 0 bridgehead atoms. The van der Waals surface area contributed by atoms with Gasteiger partial charge < -0.3 is 4.74 Å². The fourth-order valence-corrected chi connectivity index (χ4v) is 3.10. The Bertz CT molecular complexity index is 253. The molecule has 15 heavy (non-hydrogen) atoms. The second-order valence-electron chi connectivity index (χ2n) is 4.15. The van der Waals surface area contributed by atoms with Crippen LogP contribution < -0.4 is 0 Å². The van der Waals surface area contributed by atoms with E-state index in [0.717, 1.165) is 26.1 Å². The molecule has 2 saturated heterocycles. The van der Waals surface area contributed by atoms with Crippen molar-refractivity contribution >= 4 is 16.6 Å². The number of ketones is 1. The number of Topliss-reactive ketones (excluding diaryl/α,β-unsaturated/α-hetero) is 1. The predicted molar refractivity (Wildman–Crippen MR) is 58.2 cm³/mol. The van der Waals surface area contributed by atoms with Crippen LogP contribution in [0.2, 0.25) is 0 Å². The highest BCUT2D eigenvalue weighted by molar-refractivity contribution is 7.85. The number of ether oxygens (including phenoxy) is 1. The van der Waals surface area contributed by atoms with Crippen LogP contribution in [0.3, 0.4) is 0 Å². The molecule has 2 rings (SSSR count). The molecular formula is C10H17NO3S. The summed E-state index contributed by atoms with van der Waals surface area (Å²) in [5, 5.41) is 0. The SMILES string of the molecule is O=C(CN1CCS(=O)CC1)C1CCOC1. The molecule has 0 amide bonds. The molecule has 0 saturated carbocycles. The van der Waals surface area contributed by atoms with E-state index in [-0.39, 0.29) is 5.92 Å². The topological polar surface area (TPSA) is 46.6 Å². The minimum Gasteiger partial charge on any atom is -0.381 e. The predicted octanol–water partition coefficient (Wildman–Crippen LogP) is -0.344. The Labute approximate surface area is 92.4 Å². The zero-order valence-electron chi connectivity index (χ0n) is 8.81. The van der Waals surface area contributed by atoms with Gasteiger partial charge in [-0.2, -0.15) is 0 Å². The normalized spacial score (nSPS) is 29.5. The number of hydrogen-bond donors (Lipinski definition) is 0. The van der Waals surface area contributed by atoms with Crippen LogP contribution in [0.25, 0.3) is 0 Å². The van der Waals surface area contributed by atoms with E-state index in [9.17, 15) is 9.00 Å². The van der Waals surface area contributed by atoms with Crippen LogP contribution in [0.15, 0.2) is 0 Å². The van der Waals surface area contributed by atoms with E-state index in [0.29, 0.717) is 30.4 Å². The van der Waals surface area contributed by atoms with Gasteiger partial charge in [0.15, 0.2) is 5.78 Å². The largest absolute Gasteiger partial charge is 0.381 e. The molecule has 0 aromatic rings. The number of carbonyl (C=O) groups is 1. The quantitative estimate of drug-likeness (QED) is 0.666. The van der Waals surface area contributed by atoms with Gasteiger partial charge in [0, 0.05) is 47.9 Å². The lowest BCUT2D eigenvalue weighted by Gasteiger charge is -2.26. The van der Waals surface area contributed by atoms with Gasteiger partial charge in [0.25, 0.3) is 0 Å². The number of rotatable bonds is 3. The van der Waals surface area contributed by atoms with Crippen molar-refractivity contribution in [2.45, 2.75) is 6.42 Å². The van der Waals surface area contributed by atoms with Crippen molar-refractivity contribution < 1.29 is 13.7 Å². The first-order chi connectivity index (χ1) is 7.25. The molecule has 2 heterocycles. The second-order valence-corrected chi connectivity index (χ2v) is 5.85. The Morgan fingerprint density at radius 1 is 1.40 bits per heavy atom. The smallest absolute Gasteiger partial charge is 0.152 e. The number of nitrogens with zero attached hydrogens (tertiary/aromatic N) is 1. The average Bonchev–Trinajstić information content (AvgIpc) is 2.74. The summed E-state index contributed by atoms with van der Waals surface area (Å²) >= 11 is 0. The second kappa shape index (κ2) is 5.18. The first kappa shape index (κ1) is 11.2. The lowest BCUT2D eigenvalue weighted by atomic mass is 10.0. The standard InChI is InChI=1S/C10H17NO3S/c12-10(9-1-4-14-8-9)7-11-2-5-15(13)6-3-11/h9H,1-8H2. The number of hydrogen-bond acceptors (Lipinski definition) is 4. The van der Waals surface area contributed by atoms with E-state index in [4.69, 9.17) is 4.74 Å². The summed E-state index contributed by atoms with van der Waals surface area (Å²) in [4.78, 5) is 13.9. The van der Waals surface area contributed by atoms with Crippen LogP contribution in [-0.4, -0.2) is 59.2 Å². The van der Waals surface area contributed by atoms with Crippen LogP contribution in [-0.2, 0) is 20.3 Å². The minimum absolute atomic E-state index is 0.109. The van der Waals surface area contributed by atoms with E-state index in [1.807, 2.05) is 0 Å². The van der Waals surface area contributed by atoms with Gasteiger partial charge in [-0.3, -0.25) is 13.9 Å². The fraction of sp³-hybridized carbons (Fsp3) is 0.900. The number of carbonyl (C=O) groups excluding carboxylic acids is 1. The van der Waals surface area contributed by atoms with Gasteiger partial charge in [-0.1, -0.05) is 0 Å². The van der Waals surface area contributed by atoms with E-state index < -0.39 is 10.8 Å². The Morgan fingerprint density at radius 3 is 2.73 bits per heavy atom. The molecule has 2 fully saturated rings. The van der Waals surface area contributed by atoms with Crippen LogP contribution in [0.4, 0.5) is 0 Å². The Morgan fingerprint density at radius 2 is 2.13 bits per heavy atom. The van der Waals surface area contributed by atoms with Crippen molar-refractivity contribution in [3.8, 4) is 0 Å². The zero-order chi connectivity index (χ0) is 10.7. The van der Waals surface area contributed by atoms with Crippen LogP contribution in [0, 0.1) is 5.92 Å². The molecule has 1 atom stereocenters. The molecule has 0 radical (unpaired) electrons. The minimum atomic E-state index is -0.655. The summed E-state index contributed by atoms with van der Waals surface area (Å²) in [6.45, 7) is 3.43. The third-order valence-corrected chi connectivity index (χ3v) is 4.31. The molecule has 86 valence electrons. The van der Waals surface area contributed by atoms with E-state index in [1.165, 1.54) is 0 Å². The summed E-state index contributed by atoms with van der Waals surface area (Å²) in [6, 6.07) is 0. The van der Waals surface area contributed by atoms with Gasteiger partial charge in [0.1, 0.15) is 0 Å². The van der Waals surface area contributed by atoms with Gasteiger partial charge in [-0.05, 0) is 6.42 Å². The third kappa shape index (κ3) is 3.09. The molecule has 0 N–H and O–H groups in total. The Kier molecular flexibility index (Phi) is 3.88. The Balaban J connectivity index is 1.76. The lowest BCUT2D eigenvalue weighted by Crippen LogP contribution is -2.42. The molecule has 2 aliphatic rings. The first-order valence-corrected chi connectivity index (χ1v) is 6.92. The maximum Gasteiger partial charge on any atom is 0.152 e. The molecule has 2 aliphatic heterocycles. The molecule has 0 aromatic carbocycles. The van der Waals surface area contributed by atoms with Crippen molar-refractivity contribution in [1.82, 2.24) is 4.90 Å². The third-order valence-electron chi connectivity index (χ3n) is 3.03. The van der Waals surface area contributed by atoms with Crippen LogP contribution in [0.1, 0.15) is 6.42 Å². The summed E-state index contributed by atoms with van der Waals surface area (Å²) < 4.78 is 16.3. The van der Waals surface area contributed by atoms with Crippen molar-refractivity contribution in [2.24, 2.45) is 5.92 Å². The molecule has 4 nitrogen and oxygen atoms in total. The fourth-order valence-electron chi connectivity index (χ4n) is 1.97. The average molecular weight is 231 g/mol. The van der Waals surface area contributed by atoms with Gasteiger partial charge in [0.05, 0.1) is 13.2 Å². The van der Waals surface area contributed by atoms with E-state index >= 15 is 0 Å². The summed E-state index contributed by atoms with van der Waals surface area (Å²) in [5.74, 6) is 1.83. The van der Waals surface area contributed by atoms with Crippen molar-refractivity contribution in [3.63, 3.8) is 0 Å². The monoisotopic (exact) mass is 231 g/mol. The summed E-state index contributed by atoms with van der Waals surface area (Å²) in [7, 11) is -0.655. The highest BCUT2D eigenvalue weighted by Gasteiger charge is 2.26. The molecule has 5 heteroatoms. The van der Waals surface area contributed by atoms with Crippen LogP contribution in [0.5, 0.6) is 0 Å². The van der Waals surface area contributed by atoms with E-state index in [1.54, 1.807) is 0 Å². The van der Waals surface area contributed by atoms with Gasteiger partial charge in [0.2, 0.25) is 0 Å². The zero-order valence-corrected chi connectivity index (χ0v) is 9.63. The molecule has 0 aliphatic carbocycles. The Hall–Kier alpha value is -0.260. The molecule has 1 unspecified atom stereocenters. The van der Waals surface area contributed by atoms with Crippen molar-refractivity contribution in [3.05, 3.63) is 0 Å². The van der Waals surface area contributed by atoms with Crippen LogP contribution >= 0.6 is 0 Å². The highest BCUT2D eigenvalue weighted by atomic mass is 32.2. The lowest BCUT2D eigenvalue weighted by molar-refractivity contribution is -0.123.